The van der Waals surface area contributed by atoms with Gasteiger partial charge in [-0.15, -0.1) is 0 Å². The van der Waals surface area contributed by atoms with Gasteiger partial charge in [-0.25, -0.2) is 0 Å². The van der Waals surface area contributed by atoms with Crippen molar-refractivity contribution in [1.29, 1.82) is 0 Å². The van der Waals surface area contributed by atoms with Crippen molar-refractivity contribution in [3.8, 4) is 0 Å². The van der Waals surface area contributed by atoms with E-state index in [0.29, 0.717) is 6.54 Å². The molecule has 0 aliphatic heterocycles. The molecule has 1 heterocycles. The second-order valence-corrected chi connectivity index (χ2v) is 3.98. The molecule has 13 heavy (non-hydrogen) atoms. The van der Waals surface area contributed by atoms with Crippen LogP contribution in [0, 0.1) is 6.92 Å². The minimum atomic E-state index is -0.848. The van der Waals surface area contributed by atoms with Crippen molar-refractivity contribution >= 4 is 0 Å². The van der Waals surface area contributed by atoms with Crippen LogP contribution in [0.4, 0.5) is 0 Å². The maximum atomic E-state index is 11.4. The molecule has 0 unspecified atom stereocenters. The first kappa shape index (κ1) is 9.99. The van der Waals surface area contributed by atoms with Crippen LogP contribution in [0.5, 0.6) is 0 Å². The van der Waals surface area contributed by atoms with E-state index in [1.54, 1.807) is 26.1 Å². The van der Waals surface area contributed by atoms with E-state index in [-0.39, 0.29) is 5.56 Å². The van der Waals surface area contributed by atoms with Gasteiger partial charge in [-0.2, -0.15) is 0 Å². The molecule has 0 saturated carbocycles. The average molecular weight is 181 g/mol. The van der Waals surface area contributed by atoms with Crippen LogP contribution in [-0.2, 0) is 6.54 Å². The predicted molar refractivity (Wildman–Crippen MR) is 51.7 cm³/mol. The summed E-state index contributed by atoms with van der Waals surface area (Å²) < 4.78 is 1.51. The van der Waals surface area contributed by atoms with Crippen LogP contribution in [0.2, 0.25) is 0 Å². The van der Waals surface area contributed by atoms with Gasteiger partial charge in [0.25, 0.3) is 5.56 Å². The molecule has 0 amide bonds. The third-order valence-electron chi connectivity index (χ3n) is 1.71. The zero-order chi connectivity index (χ0) is 10.1. The van der Waals surface area contributed by atoms with Crippen LogP contribution in [0.15, 0.2) is 23.1 Å². The molecule has 0 radical (unpaired) electrons. The van der Waals surface area contributed by atoms with Gasteiger partial charge in [-0.1, -0.05) is 0 Å². The molecule has 0 spiro atoms. The zero-order valence-corrected chi connectivity index (χ0v) is 8.24. The highest BCUT2D eigenvalue weighted by atomic mass is 16.3. The highest BCUT2D eigenvalue weighted by molar-refractivity contribution is 5.08. The van der Waals surface area contributed by atoms with Crippen LogP contribution < -0.4 is 5.56 Å². The molecule has 3 heteroatoms. The molecule has 1 N–H and O–H groups in total. The molecule has 0 bridgehead atoms. The summed E-state index contributed by atoms with van der Waals surface area (Å²) in [6.45, 7) is 5.56. The normalized spacial score (nSPS) is 11.7. The summed E-state index contributed by atoms with van der Waals surface area (Å²) in [7, 11) is 0. The standard InChI is InChI=1S/C10H15NO2/c1-8-4-5-11(9(12)6-8)7-10(2,3)13/h4-6,13H,7H2,1-3H3. The third kappa shape index (κ3) is 3.03. The van der Waals surface area contributed by atoms with E-state index in [2.05, 4.69) is 0 Å². The van der Waals surface area contributed by atoms with E-state index in [1.807, 2.05) is 13.0 Å². The fraction of sp³-hybridized carbons (Fsp3) is 0.500. The Labute approximate surface area is 77.6 Å². The van der Waals surface area contributed by atoms with Gasteiger partial charge in [-0.05, 0) is 32.4 Å². The quantitative estimate of drug-likeness (QED) is 0.737. The molecule has 1 aromatic rings. The van der Waals surface area contributed by atoms with Gasteiger partial charge in [0.2, 0.25) is 0 Å². The highest BCUT2D eigenvalue weighted by Gasteiger charge is 2.13. The first-order chi connectivity index (χ1) is 5.88. The first-order valence-corrected chi connectivity index (χ1v) is 4.28. The van der Waals surface area contributed by atoms with Crippen molar-refractivity contribution in [1.82, 2.24) is 4.57 Å². The lowest BCUT2D eigenvalue weighted by Gasteiger charge is -2.18. The van der Waals surface area contributed by atoms with E-state index in [9.17, 15) is 9.90 Å². The molecule has 72 valence electrons. The molecule has 0 aliphatic carbocycles. The summed E-state index contributed by atoms with van der Waals surface area (Å²) in [6.07, 6.45) is 1.70. The van der Waals surface area contributed by atoms with E-state index in [4.69, 9.17) is 0 Å². The van der Waals surface area contributed by atoms with E-state index in [1.165, 1.54) is 4.57 Å². The molecule has 0 fully saturated rings. The predicted octanol–water partition coefficient (Wildman–Crippen LogP) is 0.928. The number of hydrogen-bond donors (Lipinski definition) is 1. The summed E-state index contributed by atoms with van der Waals surface area (Å²) in [5.41, 5.74) is 0.0261. The van der Waals surface area contributed by atoms with Gasteiger partial charge in [0, 0.05) is 12.3 Å². The molecular weight excluding hydrogens is 166 g/mol. The molecule has 0 aromatic carbocycles. The summed E-state index contributed by atoms with van der Waals surface area (Å²) in [5, 5.41) is 9.51. The number of aryl methyl sites for hydroxylation is 1. The monoisotopic (exact) mass is 181 g/mol. The van der Waals surface area contributed by atoms with Gasteiger partial charge in [0.1, 0.15) is 0 Å². The van der Waals surface area contributed by atoms with Crippen LogP contribution in [0.1, 0.15) is 19.4 Å². The minimum absolute atomic E-state index is 0.0675. The lowest BCUT2D eigenvalue weighted by molar-refractivity contribution is 0.0604. The maximum absolute atomic E-state index is 11.4. The number of nitrogens with zero attached hydrogens (tertiary/aromatic N) is 1. The number of pyridine rings is 1. The second kappa shape index (κ2) is 3.34. The highest BCUT2D eigenvalue weighted by Crippen LogP contribution is 2.03. The van der Waals surface area contributed by atoms with Crippen molar-refractivity contribution in [2.75, 3.05) is 0 Å². The van der Waals surface area contributed by atoms with Gasteiger partial charge in [-0.3, -0.25) is 4.79 Å². The van der Waals surface area contributed by atoms with Gasteiger partial charge in [0.05, 0.1) is 12.1 Å². The Balaban J connectivity index is 2.98. The summed E-state index contributed by atoms with van der Waals surface area (Å²) >= 11 is 0. The largest absolute Gasteiger partial charge is 0.389 e. The molecule has 0 atom stereocenters. The third-order valence-corrected chi connectivity index (χ3v) is 1.71. The topological polar surface area (TPSA) is 42.2 Å². The molecule has 1 rings (SSSR count). The molecule has 0 saturated heterocycles. The molecule has 3 nitrogen and oxygen atoms in total. The van der Waals surface area contributed by atoms with Crippen LogP contribution in [-0.4, -0.2) is 15.3 Å². The van der Waals surface area contributed by atoms with Gasteiger partial charge >= 0.3 is 0 Å². The Bertz CT molecular complexity index is 347. The maximum Gasteiger partial charge on any atom is 0.250 e. The van der Waals surface area contributed by atoms with Crippen molar-refractivity contribution in [3.05, 3.63) is 34.2 Å². The molecular formula is C10H15NO2. The second-order valence-electron chi connectivity index (χ2n) is 3.98. The lowest BCUT2D eigenvalue weighted by Crippen LogP contribution is -2.32. The van der Waals surface area contributed by atoms with E-state index in [0.717, 1.165) is 5.56 Å². The first-order valence-electron chi connectivity index (χ1n) is 4.28. The van der Waals surface area contributed by atoms with Crippen LogP contribution in [0.25, 0.3) is 0 Å². The Morgan fingerprint density at radius 1 is 1.54 bits per heavy atom. The number of rotatable bonds is 2. The SMILES string of the molecule is Cc1ccn(CC(C)(C)O)c(=O)c1. The summed E-state index contributed by atoms with van der Waals surface area (Å²) in [5.74, 6) is 0. The smallest absolute Gasteiger partial charge is 0.250 e. The van der Waals surface area contributed by atoms with Crippen molar-refractivity contribution < 1.29 is 5.11 Å². The molecule has 1 aromatic heterocycles. The van der Waals surface area contributed by atoms with Crippen LogP contribution in [0.3, 0.4) is 0 Å². The Morgan fingerprint density at radius 2 is 2.15 bits per heavy atom. The van der Waals surface area contributed by atoms with Crippen molar-refractivity contribution in [2.24, 2.45) is 0 Å². The zero-order valence-electron chi connectivity index (χ0n) is 8.24. The van der Waals surface area contributed by atoms with Gasteiger partial charge < -0.3 is 9.67 Å². The Kier molecular flexibility index (Phi) is 2.57. The fourth-order valence-electron chi connectivity index (χ4n) is 1.15. The minimum Gasteiger partial charge on any atom is -0.389 e. The summed E-state index contributed by atoms with van der Waals surface area (Å²) in [6, 6.07) is 3.42. The van der Waals surface area contributed by atoms with E-state index >= 15 is 0 Å². The van der Waals surface area contributed by atoms with Crippen molar-refractivity contribution in [3.63, 3.8) is 0 Å². The van der Waals surface area contributed by atoms with Gasteiger partial charge in [0.15, 0.2) is 0 Å². The average Bonchev–Trinajstić information content (AvgIpc) is 1.93. The van der Waals surface area contributed by atoms with Crippen LogP contribution >= 0.6 is 0 Å². The Hall–Kier alpha value is -1.09. The summed E-state index contributed by atoms with van der Waals surface area (Å²) in [4.78, 5) is 11.4. The Morgan fingerprint density at radius 3 is 2.62 bits per heavy atom. The number of aromatic nitrogens is 1. The lowest BCUT2D eigenvalue weighted by atomic mass is 10.1. The molecule has 0 aliphatic rings. The number of aliphatic hydroxyl groups is 1. The number of hydrogen-bond acceptors (Lipinski definition) is 2. The fourth-order valence-corrected chi connectivity index (χ4v) is 1.15. The van der Waals surface area contributed by atoms with Crippen molar-refractivity contribution in [2.45, 2.75) is 32.9 Å². The van der Waals surface area contributed by atoms with E-state index < -0.39 is 5.60 Å².